The molecule has 4 unspecified atom stereocenters. The minimum absolute atomic E-state index is 0.0602. The van der Waals surface area contributed by atoms with Crippen molar-refractivity contribution in [3.05, 3.63) is 47.5 Å². The second-order valence-corrected chi connectivity index (χ2v) is 8.24. The highest BCUT2D eigenvalue weighted by atomic mass is 19.1. The molecule has 1 aromatic rings. The lowest BCUT2D eigenvalue weighted by atomic mass is 9.85. The summed E-state index contributed by atoms with van der Waals surface area (Å²) in [6.45, 7) is 5.39. The first kappa shape index (κ1) is 21.1. The van der Waals surface area contributed by atoms with E-state index in [1.165, 1.54) is 6.07 Å². The van der Waals surface area contributed by atoms with E-state index in [0.717, 1.165) is 17.0 Å². The van der Waals surface area contributed by atoms with Gasteiger partial charge >= 0.3 is 0 Å². The van der Waals surface area contributed by atoms with Crippen LogP contribution in [0.25, 0.3) is 0 Å². The predicted molar refractivity (Wildman–Crippen MR) is 103 cm³/mol. The van der Waals surface area contributed by atoms with Crippen molar-refractivity contribution >= 4 is 17.7 Å². The average Bonchev–Trinajstić information content (AvgIpc) is 2.90. The normalized spacial score (nSPS) is 23.3. The van der Waals surface area contributed by atoms with Gasteiger partial charge in [0.2, 0.25) is 17.7 Å². The minimum atomic E-state index is -0.952. The lowest BCUT2D eigenvalue weighted by molar-refractivity contribution is -0.148. The van der Waals surface area contributed by atoms with Gasteiger partial charge in [-0.1, -0.05) is 32.1 Å². The molecule has 0 bridgehead atoms. The van der Waals surface area contributed by atoms with Crippen LogP contribution in [-0.2, 0) is 14.4 Å². The summed E-state index contributed by atoms with van der Waals surface area (Å²) in [5, 5.41) is 2.70. The van der Waals surface area contributed by atoms with Gasteiger partial charge in [-0.3, -0.25) is 19.3 Å². The number of nitrogens with one attached hydrogen (secondary N) is 1. The van der Waals surface area contributed by atoms with Crippen LogP contribution < -0.4 is 5.32 Å². The zero-order valence-electron chi connectivity index (χ0n) is 16.8. The Kier molecular flexibility index (Phi) is 6.15. The van der Waals surface area contributed by atoms with Crippen LogP contribution in [0.5, 0.6) is 0 Å². The van der Waals surface area contributed by atoms with E-state index in [1.54, 1.807) is 6.92 Å². The number of fused-ring (bicyclic) bond motifs is 1. The number of hydrogen-bond donors (Lipinski definition) is 1. The Bertz CT molecular complexity index is 826. The quantitative estimate of drug-likeness (QED) is 0.583. The minimum Gasteiger partial charge on any atom is -0.348 e. The standard InChI is InChI=1S/C22H26F2N2O3/c1-12(2)10-19(26-21(28)16-6-4-5-7-17(16)22(26)29)20(27)25-13(3)15-9-8-14(23)11-18(15)24/h4-5,8-9,11-13,16-17,19H,6-7,10H2,1-3H3,(H,25,27). The van der Waals surface area contributed by atoms with E-state index in [-0.39, 0.29) is 23.3 Å². The molecule has 1 saturated heterocycles. The summed E-state index contributed by atoms with van der Waals surface area (Å²) >= 11 is 0. The second-order valence-electron chi connectivity index (χ2n) is 8.24. The number of imide groups is 1. The summed E-state index contributed by atoms with van der Waals surface area (Å²) in [6, 6.07) is 1.47. The highest BCUT2D eigenvalue weighted by Gasteiger charge is 2.51. The Balaban J connectivity index is 1.82. The number of halogens is 2. The molecule has 3 rings (SSSR count). The summed E-state index contributed by atoms with van der Waals surface area (Å²) < 4.78 is 27.2. The lowest BCUT2D eigenvalue weighted by Gasteiger charge is -2.28. The van der Waals surface area contributed by atoms with Crippen molar-refractivity contribution in [2.75, 3.05) is 0 Å². The molecule has 1 fully saturated rings. The molecule has 2 aliphatic rings. The summed E-state index contributed by atoms with van der Waals surface area (Å²) in [4.78, 5) is 40.0. The van der Waals surface area contributed by atoms with Gasteiger partial charge in [0.25, 0.3) is 0 Å². The Morgan fingerprint density at radius 2 is 1.69 bits per heavy atom. The molecular formula is C22H26F2N2O3. The highest BCUT2D eigenvalue weighted by Crippen LogP contribution is 2.37. The summed E-state index contributed by atoms with van der Waals surface area (Å²) in [5.74, 6) is -3.37. The van der Waals surface area contributed by atoms with E-state index in [9.17, 15) is 23.2 Å². The van der Waals surface area contributed by atoms with Crippen LogP contribution in [0.2, 0.25) is 0 Å². The Hall–Kier alpha value is -2.57. The molecule has 0 saturated carbocycles. The summed E-state index contributed by atoms with van der Waals surface area (Å²) in [5.41, 5.74) is 0.139. The summed E-state index contributed by atoms with van der Waals surface area (Å²) in [6.07, 6.45) is 5.10. The molecule has 5 nitrogen and oxygen atoms in total. The van der Waals surface area contributed by atoms with Gasteiger partial charge < -0.3 is 5.32 Å². The first-order valence-electron chi connectivity index (χ1n) is 9.98. The zero-order valence-corrected chi connectivity index (χ0v) is 16.8. The van der Waals surface area contributed by atoms with Crippen molar-refractivity contribution in [3.8, 4) is 0 Å². The van der Waals surface area contributed by atoms with Gasteiger partial charge in [-0.15, -0.1) is 0 Å². The zero-order chi connectivity index (χ0) is 21.3. The highest BCUT2D eigenvalue weighted by molar-refractivity contribution is 6.08. The smallest absolute Gasteiger partial charge is 0.243 e. The second kappa shape index (κ2) is 8.43. The maximum Gasteiger partial charge on any atom is 0.243 e. The van der Waals surface area contributed by atoms with E-state index < -0.39 is 41.5 Å². The molecule has 1 N–H and O–H groups in total. The van der Waals surface area contributed by atoms with Crippen LogP contribution in [-0.4, -0.2) is 28.7 Å². The molecule has 0 aromatic heterocycles. The van der Waals surface area contributed by atoms with Gasteiger partial charge in [-0.2, -0.15) is 0 Å². The third kappa shape index (κ3) is 4.23. The maximum absolute atomic E-state index is 14.1. The van der Waals surface area contributed by atoms with Crippen molar-refractivity contribution in [1.82, 2.24) is 10.2 Å². The average molecular weight is 404 g/mol. The van der Waals surface area contributed by atoms with Crippen LogP contribution in [0.15, 0.2) is 30.4 Å². The molecule has 7 heteroatoms. The van der Waals surface area contributed by atoms with Crippen molar-refractivity contribution in [2.24, 2.45) is 17.8 Å². The van der Waals surface area contributed by atoms with E-state index >= 15 is 0 Å². The fourth-order valence-corrected chi connectivity index (χ4v) is 4.15. The van der Waals surface area contributed by atoms with E-state index in [2.05, 4.69) is 5.32 Å². The summed E-state index contributed by atoms with van der Waals surface area (Å²) in [7, 11) is 0. The molecule has 29 heavy (non-hydrogen) atoms. The molecule has 4 atom stereocenters. The lowest BCUT2D eigenvalue weighted by Crippen LogP contribution is -2.51. The van der Waals surface area contributed by atoms with Gasteiger partial charge in [0.05, 0.1) is 17.9 Å². The molecule has 0 radical (unpaired) electrons. The van der Waals surface area contributed by atoms with Crippen LogP contribution in [0.4, 0.5) is 8.78 Å². The number of benzene rings is 1. The van der Waals surface area contributed by atoms with Gasteiger partial charge in [0, 0.05) is 11.6 Å². The van der Waals surface area contributed by atoms with Gasteiger partial charge in [0.1, 0.15) is 17.7 Å². The molecule has 1 aliphatic carbocycles. The number of likely N-dealkylation sites (tertiary alicyclic amines) is 1. The largest absolute Gasteiger partial charge is 0.348 e. The van der Waals surface area contributed by atoms with Crippen molar-refractivity contribution in [1.29, 1.82) is 0 Å². The SMILES string of the molecule is CC(C)CC(C(=O)NC(C)c1ccc(F)cc1F)N1C(=O)C2CC=CCC2C1=O. The number of rotatable bonds is 6. The van der Waals surface area contributed by atoms with Gasteiger partial charge in [-0.25, -0.2) is 8.78 Å². The van der Waals surface area contributed by atoms with Crippen LogP contribution >= 0.6 is 0 Å². The first-order chi connectivity index (χ1) is 13.7. The number of amides is 3. The van der Waals surface area contributed by atoms with E-state index in [0.29, 0.717) is 19.3 Å². The van der Waals surface area contributed by atoms with Gasteiger partial charge in [-0.05, 0) is 38.2 Å². The van der Waals surface area contributed by atoms with Gasteiger partial charge in [0.15, 0.2) is 0 Å². The third-order valence-electron chi connectivity index (χ3n) is 5.64. The van der Waals surface area contributed by atoms with Crippen molar-refractivity contribution in [3.63, 3.8) is 0 Å². The Morgan fingerprint density at radius 3 is 2.21 bits per heavy atom. The van der Waals surface area contributed by atoms with E-state index in [4.69, 9.17) is 0 Å². The van der Waals surface area contributed by atoms with E-state index in [1.807, 2.05) is 26.0 Å². The molecule has 156 valence electrons. The first-order valence-corrected chi connectivity index (χ1v) is 9.98. The molecule has 1 aliphatic heterocycles. The number of carbonyl (C=O) groups is 3. The number of carbonyl (C=O) groups excluding carboxylic acids is 3. The topological polar surface area (TPSA) is 66.5 Å². The number of nitrogens with zero attached hydrogens (tertiary/aromatic N) is 1. The monoisotopic (exact) mass is 404 g/mol. The van der Waals surface area contributed by atoms with Crippen LogP contribution in [0.1, 0.15) is 51.6 Å². The fourth-order valence-electron chi connectivity index (χ4n) is 4.15. The molecule has 0 spiro atoms. The molecule has 1 heterocycles. The fraction of sp³-hybridized carbons (Fsp3) is 0.500. The number of hydrogen-bond acceptors (Lipinski definition) is 3. The Labute approximate surface area is 169 Å². The van der Waals surface area contributed by atoms with Crippen molar-refractivity contribution in [2.45, 2.75) is 52.1 Å². The molecular weight excluding hydrogens is 378 g/mol. The maximum atomic E-state index is 14.1. The Morgan fingerprint density at radius 1 is 1.10 bits per heavy atom. The predicted octanol–water partition coefficient (Wildman–Crippen LogP) is 3.51. The molecule has 1 aromatic carbocycles. The molecule has 3 amide bonds. The van der Waals surface area contributed by atoms with Crippen LogP contribution in [0.3, 0.4) is 0 Å². The van der Waals surface area contributed by atoms with Crippen LogP contribution in [0, 0.1) is 29.4 Å². The van der Waals surface area contributed by atoms with Crippen molar-refractivity contribution < 1.29 is 23.2 Å². The number of allylic oxidation sites excluding steroid dienone is 2. The third-order valence-corrected chi connectivity index (χ3v) is 5.64.